The topological polar surface area (TPSA) is 67.4 Å². The van der Waals surface area contributed by atoms with Crippen molar-refractivity contribution >= 4 is 11.8 Å². The Bertz CT molecular complexity index is 512. The molecule has 0 radical (unpaired) electrons. The van der Waals surface area contributed by atoms with Crippen molar-refractivity contribution in [3.8, 4) is 5.75 Å². The van der Waals surface area contributed by atoms with Crippen LogP contribution in [0.15, 0.2) is 24.3 Å². The average Bonchev–Trinajstić information content (AvgIpc) is 3.35. The van der Waals surface area contributed by atoms with Crippen molar-refractivity contribution in [3.05, 3.63) is 29.8 Å². The Morgan fingerprint density at radius 3 is 2.73 bits per heavy atom. The van der Waals surface area contributed by atoms with Crippen molar-refractivity contribution in [2.45, 2.75) is 39.2 Å². The van der Waals surface area contributed by atoms with Gasteiger partial charge in [0.05, 0.1) is 6.61 Å². The van der Waals surface area contributed by atoms with Gasteiger partial charge in [-0.3, -0.25) is 9.59 Å². The van der Waals surface area contributed by atoms with Crippen LogP contribution in [0.5, 0.6) is 5.75 Å². The van der Waals surface area contributed by atoms with Crippen molar-refractivity contribution in [1.29, 1.82) is 0 Å². The molecule has 5 heteroatoms. The molecule has 0 spiro atoms. The number of ether oxygens (including phenoxy) is 1. The maximum Gasteiger partial charge on any atom is 0.223 e. The van der Waals surface area contributed by atoms with E-state index in [0.717, 1.165) is 24.2 Å². The molecule has 0 aromatic heterocycles. The van der Waals surface area contributed by atoms with Gasteiger partial charge in [0, 0.05) is 31.0 Å². The van der Waals surface area contributed by atoms with Crippen LogP contribution < -0.4 is 15.4 Å². The Morgan fingerprint density at radius 2 is 2.00 bits per heavy atom. The van der Waals surface area contributed by atoms with Gasteiger partial charge >= 0.3 is 0 Å². The Balaban J connectivity index is 1.63. The van der Waals surface area contributed by atoms with E-state index in [1.165, 1.54) is 0 Å². The summed E-state index contributed by atoms with van der Waals surface area (Å²) in [4.78, 5) is 23.2. The van der Waals surface area contributed by atoms with Crippen LogP contribution in [0.3, 0.4) is 0 Å². The van der Waals surface area contributed by atoms with Gasteiger partial charge in [0.2, 0.25) is 11.8 Å². The molecule has 0 atom stereocenters. The predicted octanol–water partition coefficient (Wildman–Crippen LogP) is 2.01. The van der Waals surface area contributed by atoms with E-state index in [2.05, 4.69) is 10.6 Å². The van der Waals surface area contributed by atoms with E-state index in [-0.39, 0.29) is 17.7 Å². The van der Waals surface area contributed by atoms with E-state index in [1.54, 1.807) is 0 Å². The summed E-state index contributed by atoms with van der Waals surface area (Å²) >= 11 is 0. The number of rotatable bonds is 9. The van der Waals surface area contributed by atoms with Crippen LogP contribution in [-0.2, 0) is 16.1 Å². The van der Waals surface area contributed by atoms with E-state index in [0.29, 0.717) is 32.5 Å². The monoisotopic (exact) mass is 304 g/mol. The van der Waals surface area contributed by atoms with E-state index in [1.807, 2.05) is 31.2 Å². The summed E-state index contributed by atoms with van der Waals surface area (Å²) in [5.74, 6) is 1.16. The van der Waals surface area contributed by atoms with Crippen LogP contribution in [0, 0.1) is 5.92 Å². The molecule has 0 aliphatic heterocycles. The molecule has 0 bridgehead atoms. The van der Waals surface area contributed by atoms with Crippen molar-refractivity contribution in [2.24, 2.45) is 5.92 Å². The van der Waals surface area contributed by atoms with Crippen LogP contribution in [0.1, 0.15) is 38.2 Å². The maximum absolute atomic E-state index is 11.8. The molecule has 1 aromatic carbocycles. The minimum absolute atomic E-state index is 0.00743. The first-order valence-corrected chi connectivity index (χ1v) is 7.95. The minimum Gasteiger partial charge on any atom is -0.494 e. The fourth-order valence-electron chi connectivity index (χ4n) is 2.18. The molecule has 2 amide bonds. The number of hydrogen-bond acceptors (Lipinski definition) is 3. The van der Waals surface area contributed by atoms with Crippen molar-refractivity contribution < 1.29 is 14.3 Å². The normalized spacial score (nSPS) is 13.5. The van der Waals surface area contributed by atoms with Crippen LogP contribution in [-0.4, -0.2) is 25.0 Å². The molecule has 2 N–H and O–H groups in total. The first-order chi connectivity index (χ1) is 10.7. The van der Waals surface area contributed by atoms with Gasteiger partial charge in [-0.1, -0.05) is 18.2 Å². The third-order valence-corrected chi connectivity index (χ3v) is 3.58. The molecule has 1 fully saturated rings. The molecule has 1 aromatic rings. The van der Waals surface area contributed by atoms with Gasteiger partial charge in [-0.05, 0) is 32.3 Å². The molecule has 1 saturated carbocycles. The van der Waals surface area contributed by atoms with Crippen LogP contribution >= 0.6 is 0 Å². The highest BCUT2D eigenvalue weighted by atomic mass is 16.5. The first kappa shape index (κ1) is 16.3. The lowest BCUT2D eigenvalue weighted by Gasteiger charge is -2.11. The van der Waals surface area contributed by atoms with Crippen LogP contribution in [0.4, 0.5) is 0 Å². The first-order valence-electron chi connectivity index (χ1n) is 7.95. The van der Waals surface area contributed by atoms with E-state index < -0.39 is 0 Å². The highest BCUT2D eigenvalue weighted by Gasteiger charge is 2.28. The molecule has 1 aliphatic carbocycles. The van der Waals surface area contributed by atoms with Crippen LogP contribution in [0.2, 0.25) is 0 Å². The maximum atomic E-state index is 11.8. The van der Waals surface area contributed by atoms with Gasteiger partial charge in [-0.15, -0.1) is 0 Å². The van der Waals surface area contributed by atoms with Gasteiger partial charge in [0.15, 0.2) is 0 Å². The molecule has 2 rings (SSSR count). The summed E-state index contributed by atoms with van der Waals surface area (Å²) in [5.41, 5.74) is 0.972. The van der Waals surface area contributed by atoms with Gasteiger partial charge in [0.25, 0.3) is 0 Å². The fraction of sp³-hybridized carbons (Fsp3) is 0.529. The zero-order chi connectivity index (χ0) is 15.8. The average molecular weight is 304 g/mol. The molecule has 22 heavy (non-hydrogen) atoms. The molecule has 120 valence electrons. The Kier molecular flexibility index (Phi) is 6.25. The van der Waals surface area contributed by atoms with Gasteiger partial charge < -0.3 is 15.4 Å². The molecular formula is C17H24N2O3. The molecule has 0 unspecified atom stereocenters. The van der Waals surface area contributed by atoms with E-state index >= 15 is 0 Å². The highest BCUT2D eigenvalue weighted by Crippen LogP contribution is 2.28. The summed E-state index contributed by atoms with van der Waals surface area (Å²) in [5, 5.41) is 5.75. The second-order valence-electron chi connectivity index (χ2n) is 5.49. The second kappa shape index (κ2) is 8.41. The van der Waals surface area contributed by atoms with Gasteiger partial charge in [-0.25, -0.2) is 0 Å². The third kappa shape index (κ3) is 5.39. The fourth-order valence-corrected chi connectivity index (χ4v) is 2.18. The zero-order valence-electron chi connectivity index (χ0n) is 13.1. The number of para-hydroxylation sites is 1. The van der Waals surface area contributed by atoms with Crippen molar-refractivity contribution in [1.82, 2.24) is 10.6 Å². The molecular weight excluding hydrogens is 280 g/mol. The number of nitrogens with one attached hydrogen (secondary N) is 2. The van der Waals surface area contributed by atoms with Crippen molar-refractivity contribution in [3.63, 3.8) is 0 Å². The molecule has 5 nitrogen and oxygen atoms in total. The number of carbonyl (C=O) groups is 2. The van der Waals surface area contributed by atoms with E-state index in [4.69, 9.17) is 4.74 Å². The summed E-state index contributed by atoms with van der Waals surface area (Å²) in [6.45, 7) is 3.57. The Morgan fingerprint density at radius 1 is 1.23 bits per heavy atom. The lowest BCUT2D eigenvalue weighted by molar-refractivity contribution is -0.123. The lowest BCUT2D eigenvalue weighted by atomic mass is 10.2. The van der Waals surface area contributed by atoms with Crippen LogP contribution in [0.25, 0.3) is 0 Å². The Hall–Kier alpha value is -2.04. The second-order valence-corrected chi connectivity index (χ2v) is 5.49. The smallest absolute Gasteiger partial charge is 0.223 e. The van der Waals surface area contributed by atoms with Crippen molar-refractivity contribution in [2.75, 3.05) is 13.2 Å². The van der Waals surface area contributed by atoms with Gasteiger partial charge in [-0.2, -0.15) is 0 Å². The summed E-state index contributed by atoms with van der Waals surface area (Å²) in [6.07, 6.45) is 3.09. The van der Waals surface area contributed by atoms with E-state index in [9.17, 15) is 9.59 Å². The zero-order valence-corrected chi connectivity index (χ0v) is 13.1. The lowest BCUT2D eigenvalue weighted by Crippen LogP contribution is -2.28. The molecule has 0 saturated heterocycles. The number of amides is 2. The number of carbonyl (C=O) groups excluding carboxylic acids is 2. The SMILES string of the molecule is CCOc1ccccc1CNC(=O)CCCNC(=O)C1CC1. The highest BCUT2D eigenvalue weighted by molar-refractivity contribution is 5.81. The summed E-state index contributed by atoms with van der Waals surface area (Å²) in [6, 6.07) is 7.69. The number of hydrogen-bond donors (Lipinski definition) is 2. The molecule has 0 heterocycles. The summed E-state index contributed by atoms with van der Waals surface area (Å²) in [7, 11) is 0. The largest absolute Gasteiger partial charge is 0.494 e. The Labute approximate surface area is 131 Å². The minimum atomic E-state index is -0.00743. The standard InChI is InChI=1S/C17H24N2O3/c1-2-22-15-7-4-3-6-14(15)12-19-16(20)8-5-11-18-17(21)13-9-10-13/h3-4,6-7,13H,2,5,8-12H2,1H3,(H,18,21)(H,19,20). The predicted molar refractivity (Wildman–Crippen MR) is 84.4 cm³/mol. The quantitative estimate of drug-likeness (QED) is 0.686. The molecule has 1 aliphatic rings. The third-order valence-electron chi connectivity index (χ3n) is 3.58. The summed E-state index contributed by atoms with van der Waals surface area (Å²) < 4.78 is 5.52. The van der Waals surface area contributed by atoms with Gasteiger partial charge in [0.1, 0.15) is 5.75 Å². The number of benzene rings is 1.